The van der Waals surface area contributed by atoms with E-state index in [9.17, 15) is 9.59 Å². The fourth-order valence-electron chi connectivity index (χ4n) is 3.72. The maximum absolute atomic E-state index is 13.1. The number of amides is 2. The van der Waals surface area contributed by atoms with Crippen molar-refractivity contribution < 1.29 is 9.59 Å². The molecule has 2 amide bonds. The monoisotopic (exact) mass is 408 g/mol. The highest BCUT2D eigenvalue weighted by atomic mass is 16.2. The van der Waals surface area contributed by atoms with Crippen molar-refractivity contribution in [3.8, 4) is 0 Å². The van der Waals surface area contributed by atoms with Crippen molar-refractivity contribution in [3.05, 3.63) is 60.2 Å². The Hall–Kier alpha value is -2.86. The Morgan fingerprint density at radius 2 is 1.57 bits per heavy atom. The lowest BCUT2D eigenvalue weighted by Crippen LogP contribution is -2.48. The summed E-state index contributed by atoms with van der Waals surface area (Å²) in [5, 5.41) is 5.96. The van der Waals surface area contributed by atoms with Gasteiger partial charge in [-0.25, -0.2) is 0 Å². The minimum Gasteiger partial charge on any atom is -0.367 e. The quantitative estimate of drug-likeness (QED) is 0.738. The van der Waals surface area contributed by atoms with Crippen LogP contribution < -0.4 is 15.5 Å². The number of likely N-dealkylation sites (N-methyl/N-ethyl adjacent to an activating group) is 1. The van der Waals surface area contributed by atoms with Crippen LogP contribution in [0.5, 0.6) is 0 Å². The number of carbonyl (C=O) groups excluding carboxylic acids is 2. The predicted octanol–water partition coefficient (Wildman–Crippen LogP) is 3.22. The molecule has 1 atom stereocenters. The lowest BCUT2D eigenvalue weighted by atomic mass is 10.0. The minimum atomic E-state index is -0.622. The van der Waals surface area contributed by atoms with E-state index < -0.39 is 6.04 Å². The second-order valence-electron chi connectivity index (χ2n) is 7.99. The number of hydrogen-bond donors (Lipinski definition) is 2. The summed E-state index contributed by atoms with van der Waals surface area (Å²) in [7, 11) is 0. The van der Waals surface area contributed by atoms with Crippen LogP contribution in [0.25, 0.3) is 0 Å². The number of benzene rings is 2. The molecule has 1 aliphatic heterocycles. The Bertz CT molecular complexity index is 845. The zero-order valence-electron chi connectivity index (χ0n) is 18.1. The Balaban J connectivity index is 1.71. The van der Waals surface area contributed by atoms with Crippen LogP contribution in [0.4, 0.5) is 11.4 Å². The first-order valence-corrected chi connectivity index (χ1v) is 10.7. The summed E-state index contributed by atoms with van der Waals surface area (Å²) in [4.78, 5) is 30.4. The molecule has 160 valence electrons. The number of nitrogens with one attached hydrogen (secondary N) is 2. The Kier molecular flexibility index (Phi) is 7.46. The number of nitrogens with zero attached hydrogens (tertiary/aromatic N) is 2. The van der Waals surface area contributed by atoms with Crippen molar-refractivity contribution in [1.82, 2.24) is 10.2 Å². The van der Waals surface area contributed by atoms with E-state index >= 15 is 0 Å². The molecule has 0 spiro atoms. The first kappa shape index (κ1) is 21.8. The van der Waals surface area contributed by atoms with Gasteiger partial charge >= 0.3 is 0 Å². The Labute approximate surface area is 179 Å². The third-order valence-electron chi connectivity index (χ3n) is 5.59. The molecule has 1 saturated heterocycles. The van der Waals surface area contributed by atoms with Gasteiger partial charge in [0.25, 0.3) is 5.91 Å². The molecule has 2 N–H and O–H groups in total. The fourth-order valence-corrected chi connectivity index (χ4v) is 3.72. The molecule has 3 rings (SSSR count). The van der Waals surface area contributed by atoms with Gasteiger partial charge in [-0.05, 0) is 36.7 Å². The summed E-state index contributed by atoms with van der Waals surface area (Å²) < 4.78 is 0. The summed E-state index contributed by atoms with van der Waals surface area (Å²) >= 11 is 0. The van der Waals surface area contributed by atoms with Crippen LogP contribution in [-0.4, -0.2) is 55.5 Å². The van der Waals surface area contributed by atoms with E-state index in [1.165, 1.54) is 0 Å². The maximum Gasteiger partial charge on any atom is 0.251 e. The average molecular weight is 409 g/mol. The van der Waals surface area contributed by atoms with E-state index in [0.717, 1.165) is 44.1 Å². The lowest BCUT2D eigenvalue weighted by Gasteiger charge is -2.36. The van der Waals surface area contributed by atoms with Crippen LogP contribution in [-0.2, 0) is 4.79 Å². The Morgan fingerprint density at radius 3 is 2.20 bits per heavy atom. The van der Waals surface area contributed by atoms with Gasteiger partial charge in [-0.3, -0.25) is 9.59 Å². The largest absolute Gasteiger partial charge is 0.367 e. The molecular formula is C24H32N4O2. The van der Waals surface area contributed by atoms with Gasteiger partial charge in [0, 0.05) is 31.7 Å². The molecule has 0 aromatic heterocycles. The first-order valence-electron chi connectivity index (χ1n) is 10.7. The third-order valence-corrected chi connectivity index (χ3v) is 5.59. The van der Waals surface area contributed by atoms with E-state index in [2.05, 4.69) is 27.4 Å². The van der Waals surface area contributed by atoms with Gasteiger partial charge in [0.2, 0.25) is 5.91 Å². The molecule has 2 aromatic carbocycles. The summed E-state index contributed by atoms with van der Waals surface area (Å²) in [6, 6.07) is 16.2. The number of para-hydroxylation sites is 2. The first-order chi connectivity index (χ1) is 14.5. The van der Waals surface area contributed by atoms with Gasteiger partial charge in [-0.15, -0.1) is 0 Å². The number of rotatable bonds is 7. The van der Waals surface area contributed by atoms with Gasteiger partial charge in [0.05, 0.1) is 11.4 Å². The van der Waals surface area contributed by atoms with Gasteiger partial charge in [0.15, 0.2) is 0 Å². The minimum absolute atomic E-state index is 0.0436. The lowest BCUT2D eigenvalue weighted by molar-refractivity contribution is -0.118. The second-order valence-corrected chi connectivity index (χ2v) is 7.99. The molecule has 1 heterocycles. The van der Waals surface area contributed by atoms with E-state index in [1.807, 2.05) is 56.3 Å². The molecule has 2 aromatic rings. The van der Waals surface area contributed by atoms with E-state index in [4.69, 9.17) is 0 Å². The van der Waals surface area contributed by atoms with Crippen molar-refractivity contribution in [2.75, 3.05) is 42.9 Å². The molecule has 6 heteroatoms. The van der Waals surface area contributed by atoms with Gasteiger partial charge in [0.1, 0.15) is 6.04 Å². The highest BCUT2D eigenvalue weighted by molar-refractivity contribution is 6.02. The smallest absolute Gasteiger partial charge is 0.251 e. The standard InChI is InChI=1S/C24H32N4O2/c1-4-27-14-16-28(17-15-27)21-13-9-8-12-20(21)25-24(30)22(18(2)3)26-23(29)19-10-6-5-7-11-19/h5-13,18,22H,4,14-17H2,1-3H3,(H,25,30)(H,26,29). The summed E-state index contributed by atoms with van der Waals surface area (Å²) in [5.41, 5.74) is 2.36. The summed E-state index contributed by atoms with van der Waals surface area (Å²) in [6.07, 6.45) is 0. The van der Waals surface area contributed by atoms with E-state index in [0.29, 0.717) is 5.56 Å². The normalized spacial score (nSPS) is 15.7. The third kappa shape index (κ3) is 5.39. The average Bonchev–Trinajstić information content (AvgIpc) is 2.78. The molecule has 0 radical (unpaired) electrons. The number of carbonyl (C=O) groups is 2. The molecule has 1 aliphatic rings. The number of anilines is 2. The molecule has 1 fully saturated rings. The summed E-state index contributed by atoms with van der Waals surface area (Å²) in [6.45, 7) is 11.0. The van der Waals surface area contributed by atoms with Crippen LogP contribution in [0.1, 0.15) is 31.1 Å². The topological polar surface area (TPSA) is 64.7 Å². The molecule has 0 aliphatic carbocycles. The van der Waals surface area contributed by atoms with E-state index in [-0.39, 0.29) is 17.7 Å². The molecular weight excluding hydrogens is 376 g/mol. The molecule has 0 saturated carbocycles. The molecule has 1 unspecified atom stereocenters. The van der Waals surface area contributed by atoms with Crippen molar-refractivity contribution in [2.24, 2.45) is 5.92 Å². The van der Waals surface area contributed by atoms with Gasteiger partial charge in [-0.1, -0.05) is 51.1 Å². The van der Waals surface area contributed by atoms with Crippen molar-refractivity contribution in [3.63, 3.8) is 0 Å². The zero-order valence-corrected chi connectivity index (χ0v) is 18.1. The highest BCUT2D eigenvalue weighted by Gasteiger charge is 2.26. The predicted molar refractivity (Wildman–Crippen MR) is 122 cm³/mol. The Morgan fingerprint density at radius 1 is 0.933 bits per heavy atom. The van der Waals surface area contributed by atoms with Crippen molar-refractivity contribution >= 4 is 23.2 Å². The van der Waals surface area contributed by atoms with Crippen LogP contribution in [0.3, 0.4) is 0 Å². The SMILES string of the molecule is CCN1CCN(c2ccccc2NC(=O)C(NC(=O)c2ccccc2)C(C)C)CC1. The van der Waals surface area contributed by atoms with Crippen molar-refractivity contribution in [1.29, 1.82) is 0 Å². The van der Waals surface area contributed by atoms with Crippen molar-refractivity contribution in [2.45, 2.75) is 26.8 Å². The van der Waals surface area contributed by atoms with Crippen LogP contribution in [0.15, 0.2) is 54.6 Å². The molecule has 6 nitrogen and oxygen atoms in total. The molecule has 0 bridgehead atoms. The fraction of sp³-hybridized carbons (Fsp3) is 0.417. The zero-order chi connectivity index (χ0) is 21.5. The van der Waals surface area contributed by atoms with Gasteiger partial charge in [-0.2, -0.15) is 0 Å². The van der Waals surface area contributed by atoms with Crippen LogP contribution >= 0.6 is 0 Å². The number of hydrogen-bond acceptors (Lipinski definition) is 4. The van der Waals surface area contributed by atoms with Crippen LogP contribution in [0.2, 0.25) is 0 Å². The highest BCUT2D eigenvalue weighted by Crippen LogP contribution is 2.27. The number of piperazine rings is 1. The second kappa shape index (κ2) is 10.3. The summed E-state index contributed by atoms with van der Waals surface area (Å²) in [5.74, 6) is -0.486. The van der Waals surface area contributed by atoms with Crippen LogP contribution in [0, 0.1) is 5.92 Å². The van der Waals surface area contributed by atoms with E-state index in [1.54, 1.807) is 12.1 Å². The molecule has 30 heavy (non-hydrogen) atoms. The van der Waals surface area contributed by atoms with Gasteiger partial charge < -0.3 is 20.4 Å². The maximum atomic E-state index is 13.1.